The number of halogens is 1. The Morgan fingerprint density at radius 1 is 1.03 bits per heavy atom. The van der Waals surface area contributed by atoms with E-state index in [9.17, 15) is 9.59 Å². The number of rotatable bonds is 7. The highest BCUT2D eigenvalue weighted by Crippen LogP contribution is 2.24. The van der Waals surface area contributed by atoms with Crippen LogP contribution in [0.2, 0.25) is 5.02 Å². The van der Waals surface area contributed by atoms with E-state index < -0.39 is 0 Å². The van der Waals surface area contributed by atoms with E-state index in [-0.39, 0.29) is 17.6 Å². The number of thioether (sulfide) groups is 1. The lowest BCUT2D eigenvalue weighted by atomic mass is 10.2. The summed E-state index contributed by atoms with van der Waals surface area (Å²) in [6, 6.07) is 17.3. The van der Waals surface area contributed by atoms with E-state index in [1.807, 2.05) is 28.5 Å². The van der Waals surface area contributed by atoms with Gasteiger partial charge in [0.15, 0.2) is 4.34 Å². The lowest BCUT2D eigenvalue weighted by Crippen LogP contribution is -2.49. The molecule has 0 aliphatic carbocycles. The van der Waals surface area contributed by atoms with E-state index >= 15 is 0 Å². The van der Waals surface area contributed by atoms with Gasteiger partial charge >= 0.3 is 0 Å². The number of carbonyl (C=O) groups is 2. The number of benzene rings is 2. The summed E-state index contributed by atoms with van der Waals surface area (Å²) in [5.74, 6) is 0.242. The van der Waals surface area contributed by atoms with E-state index in [1.54, 1.807) is 24.3 Å². The van der Waals surface area contributed by atoms with Crippen molar-refractivity contribution < 1.29 is 9.59 Å². The third-order valence-corrected chi connectivity index (χ3v) is 7.39. The number of thiazole rings is 1. The molecule has 6 nitrogen and oxygen atoms in total. The summed E-state index contributed by atoms with van der Waals surface area (Å²) in [5.41, 5.74) is 2.66. The second kappa shape index (κ2) is 10.8. The maximum absolute atomic E-state index is 12.7. The van der Waals surface area contributed by atoms with Crippen LogP contribution in [0.4, 0.5) is 11.4 Å². The second-order valence-electron chi connectivity index (χ2n) is 7.33. The summed E-state index contributed by atoms with van der Waals surface area (Å²) in [7, 11) is 0. The van der Waals surface area contributed by atoms with Gasteiger partial charge in [0.05, 0.1) is 17.9 Å². The van der Waals surface area contributed by atoms with Crippen molar-refractivity contribution in [1.29, 1.82) is 0 Å². The Kier molecular flexibility index (Phi) is 7.68. The SMILES string of the molecule is O=C(CSc1nc(CC(=O)N2CCN(c3ccccc3)CC2)cs1)Nc1ccc(Cl)cc1. The molecule has 166 valence electrons. The molecule has 32 heavy (non-hydrogen) atoms. The standard InChI is InChI=1S/C23H23ClN4O2S2/c24-17-6-8-18(9-7-17)25-21(29)16-32-23-26-19(15-31-23)14-22(30)28-12-10-27(11-13-28)20-4-2-1-3-5-20/h1-9,15H,10-14,16H2,(H,25,29). The van der Waals surface area contributed by atoms with Gasteiger partial charge in [-0.3, -0.25) is 9.59 Å². The number of carbonyl (C=O) groups excluding carboxylic acids is 2. The van der Waals surface area contributed by atoms with Crippen molar-refractivity contribution in [2.75, 3.05) is 42.1 Å². The molecule has 1 aromatic heterocycles. The molecule has 0 atom stereocenters. The summed E-state index contributed by atoms with van der Waals surface area (Å²) in [5, 5.41) is 5.36. The molecule has 1 fully saturated rings. The third-order valence-electron chi connectivity index (χ3n) is 5.07. The molecular formula is C23H23ClN4O2S2. The fourth-order valence-electron chi connectivity index (χ4n) is 3.41. The van der Waals surface area contributed by atoms with Gasteiger partial charge in [0.2, 0.25) is 11.8 Å². The fraction of sp³-hybridized carbons (Fsp3) is 0.261. The lowest BCUT2D eigenvalue weighted by Gasteiger charge is -2.36. The van der Waals surface area contributed by atoms with Crippen molar-refractivity contribution >= 4 is 57.9 Å². The largest absolute Gasteiger partial charge is 0.368 e. The molecule has 0 spiro atoms. The summed E-state index contributed by atoms with van der Waals surface area (Å²) in [4.78, 5) is 33.6. The average Bonchev–Trinajstić information content (AvgIpc) is 3.27. The quantitative estimate of drug-likeness (QED) is 0.501. The van der Waals surface area contributed by atoms with Crippen LogP contribution in [0.25, 0.3) is 0 Å². The third kappa shape index (κ3) is 6.25. The molecule has 1 aliphatic heterocycles. The zero-order valence-corrected chi connectivity index (χ0v) is 19.8. The van der Waals surface area contributed by atoms with Gasteiger partial charge in [-0.25, -0.2) is 4.98 Å². The molecule has 0 bridgehead atoms. The Hall–Kier alpha value is -2.55. The smallest absolute Gasteiger partial charge is 0.234 e. The number of para-hydroxylation sites is 1. The highest BCUT2D eigenvalue weighted by molar-refractivity contribution is 8.01. The normalized spacial score (nSPS) is 13.8. The van der Waals surface area contributed by atoms with Gasteiger partial charge in [-0.1, -0.05) is 41.6 Å². The molecule has 1 aliphatic rings. The second-order valence-corrected chi connectivity index (χ2v) is 9.85. The minimum absolute atomic E-state index is 0.0973. The van der Waals surface area contributed by atoms with Crippen LogP contribution in [-0.2, 0) is 16.0 Å². The minimum atomic E-state index is -0.110. The van der Waals surface area contributed by atoms with E-state index in [0.717, 1.165) is 23.1 Å². The molecule has 1 N–H and O–H groups in total. The molecule has 1 saturated heterocycles. The Morgan fingerprint density at radius 3 is 2.47 bits per heavy atom. The van der Waals surface area contributed by atoms with Crippen LogP contribution in [-0.4, -0.2) is 53.6 Å². The van der Waals surface area contributed by atoms with Crippen LogP contribution >= 0.6 is 34.7 Å². The zero-order valence-electron chi connectivity index (χ0n) is 17.4. The van der Waals surface area contributed by atoms with Crippen molar-refractivity contribution in [1.82, 2.24) is 9.88 Å². The lowest BCUT2D eigenvalue weighted by molar-refractivity contribution is -0.130. The van der Waals surface area contributed by atoms with Crippen LogP contribution in [0, 0.1) is 0 Å². The Balaban J connectivity index is 1.21. The maximum atomic E-state index is 12.7. The summed E-state index contributed by atoms with van der Waals surface area (Å²) < 4.78 is 0.785. The number of aromatic nitrogens is 1. The predicted molar refractivity (Wildman–Crippen MR) is 132 cm³/mol. The summed E-state index contributed by atoms with van der Waals surface area (Å²) >= 11 is 8.69. The van der Waals surface area contributed by atoms with Gasteiger partial charge < -0.3 is 15.1 Å². The number of hydrogen-bond donors (Lipinski definition) is 1. The van der Waals surface area contributed by atoms with Gasteiger partial charge in [0, 0.05) is 48.0 Å². The highest BCUT2D eigenvalue weighted by Gasteiger charge is 2.22. The molecule has 9 heteroatoms. The van der Waals surface area contributed by atoms with Gasteiger partial charge in [0.1, 0.15) is 0 Å². The maximum Gasteiger partial charge on any atom is 0.234 e. The predicted octanol–water partition coefficient (Wildman–Crippen LogP) is 4.42. The molecule has 0 unspecified atom stereocenters. The molecule has 2 aromatic carbocycles. The number of amides is 2. The van der Waals surface area contributed by atoms with E-state index in [2.05, 4.69) is 27.3 Å². The molecular weight excluding hydrogens is 464 g/mol. The molecule has 2 heterocycles. The first-order valence-electron chi connectivity index (χ1n) is 10.3. The Labute approximate surface area is 200 Å². The topological polar surface area (TPSA) is 65.5 Å². The van der Waals surface area contributed by atoms with Crippen LogP contribution in [0.3, 0.4) is 0 Å². The zero-order chi connectivity index (χ0) is 22.3. The monoisotopic (exact) mass is 486 g/mol. The first-order valence-corrected chi connectivity index (χ1v) is 12.5. The first-order chi connectivity index (χ1) is 15.6. The molecule has 4 rings (SSSR count). The number of nitrogens with zero attached hydrogens (tertiary/aromatic N) is 3. The van der Waals surface area contributed by atoms with Crippen LogP contribution in [0.5, 0.6) is 0 Å². The van der Waals surface area contributed by atoms with Crippen LogP contribution in [0.1, 0.15) is 5.69 Å². The van der Waals surface area contributed by atoms with E-state index in [4.69, 9.17) is 11.6 Å². The number of nitrogens with one attached hydrogen (secondary N) is 1. The molecule has 0 saturated carbocycles. The Bertz CT molecular complexity index is 1050. The van der Waals surface area contributed by atoms with Gasteiger partial charge in [-0.2, -0.15) is 0 Å². The van der Waals surface area contributed by atoms with Gasteiger partial charge in [0.25, 0.3) is 0 Å². The van der Waals surface area contributed by atoms with Crippen LogP contribution < -0.4 is 10.2 Å². The minimum Gasteiger partial charge on any atom is -0.368 e. The number of piperazine rings is 1. The molecule has 3 aromatic rings. The Morgan fingerprint density at radius 2 is 1.75 bits per heavy atom. The van der Waals surface area contributed by atoms with E-state index in [1.165, 1.54) is 28.8 Å². The van der Waals surface area contributed by atoms with Gasteiger partial charge in [-0.05, 0) is 36.4 Å². The van der Waals surface area contributed by atoms with Crippen LogP contribution in [0.15, 0.2) is 64.3 Å². The van der Waals surface area contributed by atoms with Crippen molar-refractivity contribution in [2.45, 2.75) is 10.8 Å². The fourth-order valence-corrected chi connectivity index (χ4v) is 5.18. The highest BCUT2D eigenvalue weighted by atomic mass is 35.5. The molecule has 2 amide bonds. The number of anilines is 2. The van der Waals surface area contributed by atoms with Gasteiger partial charge in [-0.15, -0.1) is 11.3 Å². The summed E-state index contributed by atoms with van der Waals surface area (Å²) in [6.45, 7) is 3.09. The number of hydrogen-bond acceptors (Lipinski definition) is 6. The van der Waals surface area contributed by atoms with Crippen molar-refractivity contribution in [3.8, 4) is 0 Å². The average molecular weight is 487 g/mol. The summed E-state index contributed by atoms with van der Waals surface area (Å²) in [6.07, 6.45) is 0.291. The van der Waals surface area contributed by atoms with Crippen molar-refractivity contribution in [2.24, 2.45) is 0 Å². The van der Waals surface area contributed by atoms with Crippen molar-refractivity contribution in [3.05, 3.63) is 70.7 Å². The first kappa shape index (κ1) is 22.6. The van der Waals surface area contributed by atoms with E-state index in [0.29, 0.717) is 30.2 Å². The molecule has 0 radical (unpaired) electrons. The van der Waals surface area contributed by atoms with Crippen molar-refractivity contribution in [3.63, 3.8) is 0 Å².